The normalized spacial score (nSPS) is 11.4. The van der Waals surface area contributed by atoms with E-state index in [-0.39, 0.29) is 11.7 Å². The molecule has 0 bridgehead atoms. The van der Waals surface area contributed by atoms with Crippen LogP contribution in [-0.2, 0) is 44.9 Å². The van der Waals surface area contributed by atoms with Crippen LogP contribution in [-0.4, -0.2) is 14.9 Å². The van der Waals surface area contributed by atoms with Gasteiger partial charge in [0.1, 0.15) is 30.5 Å². The second-order valence-corrected chi connectivity index (χ2v) is 11.2. The van der Waals surface area contributed by atoms with E-state index in [0.717, 1.165) is 55.6 Å². The van der Waals surface area contributed by atoms with Crippen LogP contribution in [0.15, 0.2) is 109 Å². The van der Waals surface area contributed by atoms with Gasteiger partial charge in [-0.15, -0.1) is 0 Å². The number of aromatic nitrogens is 2. The molecule has 212 valence electrons. The largest absolute Gasteiger partial charge is 0.489 e. The van der Waals surface area contributed by atoms with Gasteiger partial charge in [-0.1, -0.05) is 60.7 Å². The smallest absolute Gasteiger partial charge is 0.133 e. The topological polar surface area (TPSA) is 45.4 Å². The van der Waals surface area contributed by atoms with Gasteiger partial charge in [-0.2, -0.15) is 0 Å². The van der Waals surface area contributed by atoms with Crippen LogP contribution >= 0.6 is 0 Å². The van der Waals surface area contributed by atoms with Crippen molar-refractivity contribution in [1.82, 2.24) is 9.13 Å². The third kappa shape index (κ3) is 5.96. The van der Waals surface area contributed by atoms with E-state index in [1.54, 1.807) is 6.92 Å². The molecule has 0 saturated heterocycles. The summed E-state index contributed by atoms with van der Waals surface area (Å²) < 4.78 is 16.5. The average Bonchev–Trinajstić information content (AvgIpc) is 3.50. The summed E-state index contributed by atoms with van der Waals surface area (Å²) in [5, 5.41) is 2.26. The molecule has 5 heteroatoms. The number of carbonyl (C=O) groups is 1. The molecule has 0 aliphatic carbocycles. The Morgan fingerprint density at radius 3 is 1.48 bits per heavy atom. The Morgan fingerprint density at radius 1 is 0.643 bits per heavy atom. The van der Waals surface area contributed by atoms with E-state index < -0.39 is 0 Å². The Bertz CT molecular complexity index is 1700. The predicted octanol–water partition coefficient (Wildman–Crippen LogP) is 7.82. The zero-order valence-electron chi connectivity index (χ0n) is 24.4. The Labute approximate surface area is 246 Å². The van der Waals surface area contributed by atoms with Gasteiger partial charge in [0.2, 0.25) is 0 Å². The minimum Gasteiger partial charge on any atom is -0.489 e. The van der Waals surface area contributed by atoms with Gasteiger partial charge in [-0.3, -0.25) is 4.79 Å². The summed E-state index contributed by atoms with van der Waals surface area (Å²) in [5.74, 6) is 1.70. The molecular formula is C37H36N2O3. The fourth-order valence-corrected chi connectivity index (χ4v) is 5.78. The second kappa shape index (κ2) is 12.0. The van der Waals surface area contributed by atoms with Gasteiger partial charge in [0.25, 0.3) is 0 Å². The number of benzene rings is 4. The molecule has 0 aliphatic rings. The fraction of sp³-hybridized carbons (Fsp3) is 0.216. The van der Waals surface area contributed by atoms with E-state index in [4.69, 9.17) is 9.47 Å². The number of nitrogens with zero attached hydrogens (tertiary/aromatic N) is 2. The van der Waals surface area contributed by atoms with Gasteiger partial charge >= 0.3 is 0 Å². The first-order valence-electron chi connectivity index (χ1n) is 14.4. The summed E-state index contributed by atoms with van der Waals surface area (Å²) >= 11 is 0. The number of rotatable bonds is 11. The van der Waals surface area contributed by atoms with Crippen LogP contribution in [0.3, 0.4) is 0 Å². The molecule has 0 atom stereocenters. The van der Waals surface area contributed by atoms with E-state index in [0.29, 0.717) is 26.1 Å². The van der Waals surface area contributed by atoms with Crippen molar-refractivity contribution >= 4 is 27.6 Å². The van der Waals surface area contributed by atoms with Gasteiger partial charge in [-0.25, -0.2) is 0 Å². The molecule has 0 aliphatic heterocycles. The third-order valence-electron chi connectivity index (χ3n) is 8.09. The molecule has 0 fully saturated rings. The highest BCUT2D eigenvalue weighted by atomic mass is 16.5. The highest BCUT2D eigenvalue weighted by Crippen LogP contribution is 2.32. The highest BCUT2D eigenvalue weighted by Gasteiger charge is 2.21. The predicted molar refractivity (Wildman–Crippen MR) is 169 cm³/mol. The maximum Gasteiger partial charge on any atom is 0.133 e. The summed E-state index contributed by atoms with van der Waals surface area (Å²) in [6.07, 6.45) is 5.63. The van der Waals surface area contributed by atoms with E-state index >= 15 is 0 Å². The first-order valence-corrected chi connectivity index (χ1v) is 14.4. The Balaban J connectivity index is 1.23. The Morgan fingerprint density at radius 2 is 1.07 bits per heavy atom. The van der Waals surface area contributed by atoms with E-state index in [1.165, 1.54) is 0 Å². The molecule has 0 saturated carbocycles. The summed E-state index contributed by atoms with van der Waals surface area (Å²) in [6.45, 7) is 2.75. The quantitative estimate of drug-likeness (QED) is 0.163. The van der Waals surface area contributed by atoms with Crippen LogP contribution in [0.25, 0.3) is 21.8 Å². The van der Waals surface area contributed by atoms with Crippen molar-refractivity contribution in [3.8, 4) is 11.5 Å². The summed E-state index contributed by atoms with van der Waals surface area (Å²) in [5.41, 5.74) is 6.84. The number of carbonyl (C=O) groups excluding carboxylic acids is 1. The molecule has 0 radical (unpaired) electrons. The fourth-order valence-electron chi connectivity index (χ4n) is 5.78. The molecular weight excluding hydrogens is 520 g/mol. The number of aryl methyl sites for hydroxylation is 2. The third-order valence-corrected chi connectivity index (χ3v) is 8.09. The SMILES string of the molecule is CC(=O)C(Cc1cn(C)c2ccc(OCc3ccccc3)cc12)Cc1cn(C)c2ccc(OCc3ccccc3)cc12. The van der Waals surface area contributed by atoms with E-state index in [1.807, 2.05) is 48.5 Å². The van der Waals surface area contributed by atoms with E-state index in [9.17, 15) is 4.79 Å². The molecule has 6 aromatic rings. The lowest BCUT2D eigenvalue weighted by molar-refractivity contribution is -0.120. The Kier molecular flexibility index (Phi) is 7.83. The first-order chi connectivity index (χ1) is 20.4. The van der Waals surface area contributed by atoms with E-state index in [2.05, 4.69) is 84.2 Å². The number of Topliss-reactive ketones (excluding diaryl/α,β-unsaturated/α-hetero) is 1. The zero-order valence-corrected chi connectivity index (χ0v) is 24.4. The standard InChI is InChI=1S/C37H36N2O3/c1-26(40)29(18-30-22-38(2)36-16-14-32(20-34(30)36)41-24-27-10-6-4-7-11-27)19-31-23-39(3)37-17-15-33(21-35(31)37)42-25-28-12-8-5-9-13-28/h4-17,20-23,29H,18-19,24-25H2,1-3H3. The molecule has 2 heterocycles. The number of hydrogen-bond acceptors (Lipinski definition) is 3. The lowest BCUT2D eigenvalue weighted by Gasteiger charge is -2.14. The van der Waals surface area contributed by atoms with Crippen molar-refractivity contribution in [1.29, 1.82) is 0 Å². The van der Waals surface area contributed by atoms with Crippen molar-refractivity contribution in [2.75, 3.05) is 0 Å². The van der Waals surface area contributed by atoms with Gasteiger partial charge in [0, 0.05) is 54.2 Å². The number of ketones is 1. The maximum absolute atomic E-state index is 13.0. The Hall–Kier alpha value is -4.77. The monoisotopic (exact) mass is 556 g/mol. The van der Waals surface area contributed by atoms with Crippen molar-refractivity contribution < 1.29 is 14.3 Å². The molecule has 2 aromatic heterocycles. The van der Waals surface area contributed by atoms with Crippen LogP contribution < -0.4 is 9.47 Å². The second-order valence-electron chi connectivity index (χ2n) is 11.2. The number of ether oxygens (including phenoxy) is 2. The van der Waals surface area contributed by atoms with Crippen LogP contribution in [0.1, 0.15) is 29.2 Å². The maximum atomic E-state index is 13.0. The number of hydrogen-bond donors (Lipinski definition) is 0. The molecule has 0 amide bonds. The van der Waals surface area contributed by atoms with Crippen molar-refractivity contribution in [2.45, 2.75) is 33.0 Å². The minimum atomic E-state index is -0.149. The highest BCUT2D eigenvalue weighted by molar-refractivity contribution is 5.88. The lowest BCUT2D eigenvalue weighted by atomic mass is 9.89. The van der Waals surface area contributed by atoms with Crippen LogP contribution in [0.5, 0.6) is 11.5 Å². The minimum absolute atomic E-state index is 0.149. The summed E-state index contributed by atoms with van der Waals surface area (Å²) in [6, 6.07) is 32.8. The van der Waals surface area contributed by atoms with Gasteiger partial charge < -0.3 is 18.6 Å². The zero-order chi connectivity index (χ0) is 29.1. The van der Waals surface area contributed by atoms with Crippen molar-refractivity contribution in [3.63, 3.8) is 0 Å². The molecule has 4 aromatic carbocycles. The molecule has 42 heavy (non-hydrogen) atoms. The van der Waals surface area contributed by atoms with Gasteiger partial charge in [-0.05, 0) is 78.4 Å². The van der Waals surface area contributed by atoms with Gasteiger partial charge in [0.15, 0.2) is 0 Å². The number of fused-ring (bicyclic) bond motifs is 2. The lowest BCUT2D eigenvalue weighted by Crippen LogP contribution is -2.17. The van der Waals surface area contributed by atoms with Crippen LogP contribution in [0.4, 0.5) is 0 Å². The molecule has 0 unspecified atom stereocenters. The average molecular weight is 557 g/mol. The van der Waals surface area contributed by atoms with Crippen LogP contribution in [0.2, 0.25) is 0 Å². The summed E-state index contributed by atoms with van der Waals surface area (Å²) in [7, 11) is 4.11. The molecule has 0 spiro atoms. The molecule has 6 rings (SSSR count). The molecule has 0 N–H and O–H groups in total. The van der Waals surface area contributed by atoms with Crippen molar-refractivity contribution in [2.24, 2.45) is 20.0 Å². The molecule has 5 nitrogen and oxygen atoms in total. The van der Waals surface area contributed by atoms with Gasteiger partial charge in [0.05, 0.1) is 0 Å². The van der Waals surface area contributed by atoms with Crippen molar-refractivity contribution in [3.05, 3.63) is 132 Å². The summed E-state index contributed by atoms with van der Waals surface area (Å²) in [4.78, 5) is 13.0. The first kappa shape index (κ1) is 27.4. The van der Waals surface area contributed by atoms with Crippen LogP contribution in [0, 0.1) is 5.92 Å².